The zero-order chi connectivity index (χ0) is 30.2. The summed E-state index contributed by atoms with van der Waals surface area (Å²) in [5.74, 6) is 1.15. The molecule has 2 heterocycles. The Labute approximate surface area is 257 Å². The van der Waals surface area contributed by atoms with Crippen LogP contribution < -0.4 is 9.64 Å². The van der Waals surface area contributed by atoms with Crippen molar-refractivity contribution in [1.29, 1.82) is 0 Å². The van der Waals surface area contributed by atoms with Gasteiger partial charge < -0.3 is 14.5 Å². The number of amides is 2. The maximum Gasteiger partial charge on any atom is 0.254 e. The fourth-order valence-electron chi connectivity index (χ4n) is 6.10. The number of hydrogen-bond acceptors (Lipinski definition) is 5. The number of carbonyl (C=O) groups excluding carboxylic acids is 2. The van der Waals surface area contributed by atoms with Crippen LogP contribution in [0.2, 0.25) is 5.02 Å². The van der Waals surface area contributed by atoms with Gasteiger partial charge >= 0.3 is 0 Å². The molecule has 1 saturated heterocycles. The monoisotopic (exact) mass is 596 g/mol. The number of hydrogen-bond donors (Lipinski definition) is 0. The third kappa shape index (κ3) is 8.48. The maximum atomic E-state index is 14.3. The van der Waals surface area contributed by atoms with Crippen molar-refractivity contribution in [3.05, 3.63) is 58.1 Å². The molecular formula is C34H49ClN4O3. The van der Waals surface area contributed by atoms with E-state index in [0.717, 1.165) is 61.7 Å². The molecule has 2 amide bonds. The number of halogens is 1. The summed E-state index contributed by atoms with van der Waals surface area (Å²) >= 11 is 6.49. The normalized spacial score (nSPS) is 17.7. The van der Waals surface area contributed by atoms with E-state index in [9.17, 15) is 9.59 Å². The van der Waals surface area contributed by atoms with Crippen molar-refractivity contribution in [2.24, 2.45) is 5.92 Å². The van der Waals surface area contributed by atoms with Crippen LogP contribution in [0.3, 0.4) is 0 Å². The van der Waals surface area contributed by atoms with E-state index in [-0.39, 0.29) is 17.7 Å². The number of fused-ring (bicyclic) bond motifs is 1. The Morgan fingerprint density at radius 1 is 0.881 bits per heavy atom. The fourth-order valence-corrected chi connectivity index (χ4v) is 6.27. The third-order valence-corrected chi connectivity index (χ3v) is 8.69. The highest BCUT2D eigenvalue weighted by atomic mass is 35.5. The highest BCUT2D eigenvalue weighted by molar-refractivity contribution is 6.31. The van der Waals surface area contributed by atoms with Crippen molar-refractivity contribution in [3.63, 3.8) is 0 Å². The van der Waals surface area contributed by atoms with Crippen LogP contribution in [0.5, 0.6) is 5.75 Å². The molecule has 2 aliphatic rings. The van der Waals surface area contributed by atoms with Gasteiger partial charge in [-0.15, -0.1) is 0 Å². The summed E-state index contributed by atoms with van der Waals surface area (Å²) < 4.78 is 5.70. The largest absolute Gasteiger partial charge is 0.496 e. The minimum absolute atomic E-state index is 0.0125. The van der Waals surface area contributed by atoms with E-state index in [2.05, 4.69) is 37.5 Å². The van der Waals surface area contributed by atoms with E-state index in [1.807, 2.05) is 46.2 Å². The smallest absolute Gasteiger partial charge is 0.254 e. The molecule has 8 heteroatoms. The quantitative estimate of drug-likeness (QED) is 0.367. The van der Waals surface area contributed by atoms with Crippen LogP contribution in [0, 0.1) is 5.92 Å². The predicted octanol–water partition coefficient (Wildman–Crippen LogP) is 6.47. The number of rotatable bonds is 7. The van der Waals surface area contributed by atoms with Gasteiger partial charge in [-0.1, -0.05) is 37.9 Å². The summed E-state index contributed by atoms with van der Waals surface area (Å²) in [6.07, 6.45) is 5.01. The average molecular weight is 597 g/mol. The van der Waals surface area contributed by atoms with Gasteiger partial charge in [0.15, 0.2) is 0 Å². The van der Waals surface area contributed by atoms with Gasteiger partial charge in [0.1, 0.15) is 5.75 Å². The molecule has 4 rings (SSSR count). The third-order valence-electron chi connectivity index (χ3n) is 8.45. The lowest BCUT2D eigenvalue weighted by Crippen LogP contribution is -2.41. The minimum Gasteiger partial charge on any atom is -0.496 e. The van der Waals surface area contributed by atoms with Gasteiger partial charge in [-0.05, 0) is 88.0 Å². The number of piperidine rings is 1. The van der Waals surface area contributed by atoms with Gasteiger partial charge in [0, 0.05) is 67.9 Å². The number of methoxy groups -OCH3 is 1. The minimum atomic E-state index is -0.0125. The molecular weight excluding hydrogens is 548 g/mol. The molecule has 42 heavy (non-hydrogen) atoms. The number of nitrogens with zero attached hydrogens (tertiary/aromatic N) is 4. The molecule has 2 aromatic carbocycles. The summed E-state index contributed by atoms with van der Waals surface area (Å²) in [6.45, 7) is 14.7. The number of benzene rings is 2. The van der Waals surface area contributed by atoms with Crippen LogP contribution in [-0.4, -0.2) is 78.9 Å². The second kappa shape index (κ2) is 15.2. The Balaban J connectivity index is 1.69. The van der Waals surface area contributed by atoms with Crippen LogP contribution in [-0.2, 0) is 17.9 Å². The van der Waals surface area contributed by atoms with Crippen LogP contribution >= 0.6 is 11.6 Å². The van der Waals surface area contributed by atoms with Gasteiger partial charge in [-0.3, -0.25) is 19.4 Å². The molecule has 2 aromatic rings. The number of ether oxygens (including phenoxy) is 1. The molecule has 0 N–H and O–H groups in total. The summed E-state index contributed by atoms with van der Waals surface area (Å²) in [5.41, 5.74) is 3.45. The van der Waals surface area contributed by atoms with Crippen molar-refractivity contribution in [3.8, 4) is 5.75 Å². The standard InChI is InChI=1S/C34H49ClN4O3/c1-25(2)20-33(40)39-17-9-16-37(26(3)4)18-19-38(24-28-10-12-30(35)22-31(28)39)34(41)27-11-13-32(42-5)29(21-27)23-36-14-7-6-8-15-36/h10-13,21-22,25-26H,6-9,14-20,23-24H2,1-5H3. The van der Waals surface area contributed by atoms with Crippen molar-refractivity contribution in [2.45, 2.75) is 78.9 Å². The highest BCUT2D eigenvalue weighted by Gasteiger charge is 2.26. The molecule has 0 bridgehead atoms. The number of carbonyl (C=O) groups is 2. The van der Waals surface area contributed by atoms with E-state index >= 15 is 0 Å². The topological polar surface area (TPSA) is 56.3 Å². The second-order valence-electron chi connectivity index (χ2n) is 12.5. The zero-order valence-electron chi connectivity index (χ0n) is 26.2. The Morgan fingerprint density at radius 3 is 2.33 bits per heavy atom. The van der Waals surface area contributed by atoms with E-state index < -0.39 is 0 Å². The molecule has 0 aromatic heterocycles. The molecule has 7 nitrogen and oxygen atoms in total. The van der Waals surface area contributed by atoms with Gasteiger partial charge in [0.25, 0.3) is 5.91 Å². The van der Waals surface area contributed by atoms with Gasteiger partial charge in [0.2, 0.25) is 5.91 Å². The Morgan fingerprint density at radius 2 is 1.64 bits per heavy atom. The summed E-state index contributed by atoms with van der Waals surface area (Å²) in [7, 11) is 1.69. The van der Waals surface area contributed by atoms with Crippen LogP contribution in [0.15, 0.2) is 36.4 Å². The van der Waals surface area contributed by atoms with Gasteiger partial charge in [-0.2, -0.15) is 0 Å². The van der Waals surface area contributed by atoms with Crippen molar-refractivity contribution >= 4 is 29.1 Å². The van der Waals surface area contributed by atoms with Crippen molar-refractivity contribution < 1.29 is 14.3 Å². The van der Waals surface area contributed by atoms with E-state index in [1.165, 1.54) is 19.3 Å². The molecule has 0 aliphatic carbocycles. The molecule has 0 radical (unpaired) electrons. The summed E-state index contributed by atoms with van der Waals surface area (Å²) in [5, 5.41) is 0.588. The van der Waals surface area contributed by atoms with Crippen LogP contribution in [0.1, 0.15) is 81.3 Å². The molecule has 0 atom stereocenters. The Kier molecular flexibility index (Phi) is 11.7. The lowest BCUT2D eigenvalue weighted by molar-refractivity contribution is -0.119. The average Bonchev–Trinajstić information content (AvgIpc) is 2.99. The first-order valence-corrected chi connectivity index (χ1v) is 16.1. The van der Waals surface area contributed by atoms with Crippen LogP contribution in [0.25, 0.3) is 0 Å². The highest BCUT2D eigenvalue weighted by Crippen LogP contribution is 2.30. The SMILES string of the molecule is COc1ccc(C(=O)N2CCN(C(C)C)CCCN(C(=O)CC(C)C)c3cc(Cl)ccc3C2)cc1CN1CCCCC1. The van der Waals surface area contributed by atoms with E-state index in [4.69, 9.17) is 16.3 Å². The van der Waals surface area contributed by atoms with Gasteiger partial charge in [-0.25, -0.2) is 0 Å². The summed E-state index contributed by atoms with van der Waals surface area (Å²) in [6, 6.07) is 11.9. The first-order chi connectivity index (χ1) is 20.2. The lowest BCUT2D eigenvalue weighted by atomic mass is 10.0. The van der Waals surface area contributed by atoms with Gasteiger partial charge in [0.05, 0.1) is 12.8 Å². The lowest BCUT2D eigenvalue weighted by Gasteiger charge is -2.30. The van der Waals surface area contributed by atoms with E-state index in [0.29, 0.717) is 42.7 Å². The molecule has 0 unspecified atom stereocenters. The second-order valence-corrected chi connectivity index (χ2v) is 12.9. The van der Waals surface area contributed by atoms with Crippen molar-refractivity contribution in [2.75, 3.05) is 51.3 Å². The first-order valence-electron chi connectivity index (χ1n) is 15.7. The number of likely N-dealkylation sites (tertiary alicyclic amines) is 1. The zero-order valence-corrected chi connectivity index (χ0v) is 27.0. The Bertz CT molecular complexity index is 1210. The first kappa shape index (κ1) is 32.3. The summed E-state index contributed by atoms with van der Waals surface area (Å²) in [4.78, 5) is 36.5. The molecule has 230 valence electrons. The number of anilines is 1. The predicted molar refractivity (Wildman–Crippen MR) is 171 cm³/mol. The fraction of sp³-hybridized carbons (Fsp3) is 0.588. The molecule has 1 fully saturated rings. The van der Waals surface area contributed by atoms with Crippen LogP contribution in [0.4, 0.5) is 5.69 Å². The Hall–Kier alpha value is -2.61. The molecule has 0 spiro atoms. The van der Waals surface area contributed by atoms with Crippen molar-refractivity contribution in [1.82, 2.24) is 14.7 Å². The molecule has 2 aliphatic heterocycles. The molecule has 0 saturated carbocycles. The van der Waals surface area contributed by atoms with E-state index in [1.54, 1.807) is 7.11 Å². The maximum absolute atomic E-state index is 14.3.